The first-order valence-corrected chi connectivity index (χ1v) is 6.84. The number of nitrogens with one attached hydrogen (secondary N) is 1. The molecule has 1 N–H and O–H groups in total. The second-order valence-electron chi connectivity index (χ2n) is 4.95. The van der Waals surface area contributed by atoms with E-state index in [1.54, 1.807) is 7.11 Å². The number of H-pyrrole nitrogens is 1. The Kier molecular flexibility index (Phi) is 3.85. The lowest BCUT2D eigenvalue weighted by molar-refractivity contribution is -0.0295. The van der Waals surface area contributed by atoms with Gasteiger partial charge < -0.3 is 9.72 Å². The minimum absolute atomic E-state index is 0.0259. The second kappa shape index (κ2) is 5.22. The molecule has 1 aliphatic rings. The Hall–Kier alpha value is -1.16. The fourth-order valence-corrected chi connectivity index (χ4v) is 2.79. The molecule has 1 heterocycles. The molecule has 0 saturated heterocycles. The Morgan fingerprint density at radius 3 is 2.56 bits per heavy atom. The summed E-state index contributed by atoms with van der Waals surface area (Å²) in [6, 6.07) is 0. The quantitative estimate of drug-likeness (QED) is 0.892. The Morgan fingerprint density at radius 2 is 1.94 bits per heavy atom. The van der Waals surface area contributed by atoms with Gasteiger partial charge in [-0.3, -0.25) is 4.79 Å². The average molecular weight is 250 g/mol. The van der Waals surface area contributed by atoms with Crippen molar-refractivity contribution in [2.45, 2.75) is 58.0 Å². The molecule has 1 aliphatic carbocycles. The number of nitrogens with zero attached hydrogens (tertiary/aromatic N) is 1. The van der Waals surface area contributed by atoms with E-state index in [1.165, 1.54) is 0 Å². The van der Waals surface area contributed by atoms with Crippen LogP contribution in [0, 0.1) is 0 Å². The molecular formula is C14H22N2O2. The molecule has 0 amide bonds. The third kappa shape index (κ3) is 2.09. The van der Waals surface area contributed by atoms with E-state index in [1.807, 2.05) is 0 Å². The van der Waals surface area contributed by atoms with E-state index < -0.39 is 5.60 Å². The highest BCUT2D eigenvalue weighted by molar-refractivity contribution is 5.22. The fourth-order valence-electron chi connectivity index (χ4n) is 2.79. The van der Waals surface area contributed by atoms with Crippen LogP contribution in [0.15, 0.2) is 4.79 Å². The SMILES string of the molecule is CCC(CC)(OC)c1nc2c(c(=O)[nH]1)CCCC2. The molecule has 1 aromatic rings. The van der Waals surface area contributed by atoms with Gasteiger partial charge in [0.25, 0.3) is 5.56 Å². The maximum atomic E-state index is 12.1. The van der Waals surface area contributed by atoms with Crippen molar-refractivity contribution in [1.29, 1.82) is 0 Å². The molecule has 1 aromatic heterocycles. The van der Waals surface area contributed by atoms with E-state index in [0.29, 0.717) is 5.82 Å². The predicted molar refractivity (Wildman–Crippen MR) is 70.8 cm³/mol. The third-order valence-corrected chi connectivity index (χ3v) is 4.16. The molecule has 0 fully saturated rings. The van der Waals surface area contributed by atoms with E-state index in [0.717, 1.165) is 49.8 Å². The second-order valence-corrected chi connectivity index (χ2v) is 4.95. The zero-order valence-corrected chi connectivity index (χ0v) is 11.5. The summed E-state index contributed by atoms with van der Waals surface area (Å²) >= 11 is 0. The van der Waals surface area contributed by atoms with Crippen LogP contribution in [0.5, 0.6) is 0 Å². The van der Waals surface area contributed by atoms with Crippen molar-refractivity contribution in [2.24, 2.45) is 0 Å². The van der Waals surface area contributed by atoms with Gasteiger partial charge in [0.05, 0.1) is 5.69 Å². The van der Waals surface area contributed by atoms with Gasteiger partial charge in [0.15, 0.2) is 0 Å². The Bertz CT molecular complexity index is 467. The van der Waals surface area contributed by atoms with Gasteiger partial charge in [-0.2, -0.15) is 0 Å². The van der Waals surface area contributed by atoms with E-state index in [-0.39, 0.29) is 5.56 Å². The van der Waals surface area contributed by atoms with Crippen LogP contribution < -0.4 is 5.56 Å². The summed E-state index contributed by atoms with van der Waals surface area (Å²) in [5.74, 6) is 0.695. The van der Waals surface area contributed by atoms with Gasteiger partial charge in [-0.1, -0.05) is 13.8 Å². The smallest absolute Gasteiger partial charge is 0.254 e. The Morgan fingerprint density at radius 1 is 1.28 bits per heavy atom. The van der Waals surface area contributed by atoms with E-state index >= 15 is 0 Å². The summed E-state index contributed by atoms with van der Waals surface area (Å²) in [5.41, 5.74) is 1.43. The number of methoxy groups -OCH3 is 1. The van der Waals surface area contributed by atoms with Crippen molar-refractivity contribution in [3.63, 3.8) is 0 Å². The Labute approximate surface area is 108 Å². The lowest BCUT2D eigenvalue weighted by atomic mass is 9.93. The van der Waals surface area contributed by atoms with E-state index in [9.17, 15) is 4.79 Å². The fraction of sp³-hybridized carbons (Fsp3) is 0.714. The van der Waals surface area contributed by atoms with Crippen molar-refractivity contribution in [2.75, 3.05) is 7.11 Å². The molecule has 4 heteroatoms. The summed E-state index contributed by atoms with van der Waals surface area (Å²) in [5, 5.41) is 0. The van der Waals surface area contributed by atoms with Crippen LogP contribution >= 0.6 is 0 Å². The van der Waals surface area contributed by atoms with E-state index in [2.05, 4.69) is 23.8 Å². The lowest BCUT2D eigenvalue weighted by Crippen LogP contribution is -2.34. The minimum Gasteiger partial charge on any atom is -0.370 e. The van der Waals surface area contributed by atoms with Crippen LogP contribution in [0.4, 0.5) is 0 Å². The van der Waals surface area contributed by atoms with Gasteiger partial charge in [0, 0.05) is 12.7 Å². The number of aromatic amines is 1. The molecular weight excluding hydrogens is 228 g/mol. The summed E-state index contributed by atoms with van der Waals surface area (Å²) in [4.78, 5) is 19.7. The number of ether oxygens (including phenoxy) is 1. The normalized spacial score (nSPS) is 15.5. The molecule has 0 spiro atoms. The van der Waals surface area contributed by atoms with Gasteiger partial charge in [-0.15, -0.1) is 0 Å². The molecule has 0 bridgehead atoms. The highest BCUT2D eigenvalue weighted by Crippen LogP contribution is 2.30. The van der Waals surface area contributed by atoms with Crippen LogP contribution in [0.2, 0.25) is 0 Å². The highest BCUT2D eigenvalue weighted by atomic mass is 16.5. The van der Waals surface area contributed by atoms with Gasteiger partial charge in [-0.05, 0) is 38.5 Å². The molecule has 2 rings (SSSR count). The standard InChI is InChI=1S/C14H22N2O2/c1-4-14(5-2,18-3)13-15-11-9-7-6-8-10(11)12(17)16-13/h4-9H2,1-3H3,(H,15,16,17). The minimum atomic E-state index is -0.453. The summed E-state index contributed by atoms with van der Waals surface area (Å²) in [7, 11) is 1.69. The summed E-state index contributed by atoms with van der Waals surface area (Å²) < 4.78 is 5.64. The van der Waals surface area contributed by atoms with Crippen LogP contribution in [0.1, 0.15) is 56.6 Å². The molecule has 0 aromatic carbocycles. The van der Waals surface area contributed by atoms with Gasteiger partial charge >= 0.3 is 0 Å². The van der Waals surface area contributed by atoms with Crippen LogP contribution in [-0.2, 0) is 23.2 Å². The Balaban J connectivity index is 2.52. The van der Waals surface area contributed by atoms with Gasteiger partial charge in [0.2, 0.25) is 0 Å². The maximum Gasteiger partial charge on any atom is 0.254 e. The van der Waals surface area contributed by atoms with Crippen LogP contribution in [0.25, 0.3) is 0 Å². The number of aryl methyl sites for hydroxylation is 1. The van der Waals surface area contributed by atoms with Gasteiger partial charge in [0.1, 0.15) is 11.4 Å². The monoisotopic (exact) mass is 250 g/mol. The molecule has 100 valence electrons. The van der Waals surface area contributed by atoms with Crippen molar-refractivity contribution < 1.29 is 4.74 Å². The summed E-state index contributed by atoms with van der Waals surface area (Å²) in [6.07, 6.45) is 5.61. The zero-order chi connectivity index (χ0) is 13.2. The largest absolute Gasteiger partial charge is 0.370 e. The zero-order valence-electron chi connectivity index (χ0n) is 11.5. The molecule has 0 saturated carbocycles. The number of hydrogen-bond donors (Lipinski definition) is 1. The average Bonchev–Trinajstić information content (AvgIpc) is 2.42. The van der Waals surface area contributed by atoms with Crippen LogP contribution in [0.3, 0.4) is 0 Å². The molecule has 0 radical (unpaired) electrons. The van der Waals surface area contributed by atoms with Crippen molar-refractivity contribution in [3.8, 4) is 0 Å². The number of rotatable bonds is 4. The topological polar surface area (TPSA) is 55.0 Å². The number of fused-ring (bicyclic) bond motifs is 1. The maximum absolute atomic E-state index is 12.1. The molecule has 4 nitrogen and oxygen atoms in total. The molecule has 0 unspecified atom stereocenters. The van der Waals surface area contributed by atoms with Crippen molar-refractivity contribution in [1.82, 2.24) is 9.97 Å². The number of hydrogen-bond acceptors (Lipinski definition) is 3. The first kappa shape index (κ1) is 13.3. The van der Waals surface area contributed by atoms with E-state index in [4.69, 9.17) is 4.74 Å². The highest BCUT2D eigenvalue weighted by Gasteiger charge is 2.32. The van der Waals surface area contributed by atoms with Crippen molar-refractivity contribution in [3.05, 3.63) is 27.4 Å². The number of aromatic nitrogens is 2. The van der Waals surface area contributed by atoms with Gasteiger partial charge in [-0.25, -0.2) is 4.98 Å². The third-order valence-electron chi connectivity index (χ3n) is 4.16. The van der Waals surface area contributed by atoms with Crippen molar-refractivity contribution >= 4 is 0 Å². The molecule has 18 heavy (non-hydrogen) atoms. The first-order valence-electron chi connectivity index (χ1n) is 6.84. The first-order chi connectivity index (χ1) is 8.66. The molecule has 0 atom stereocenters. The lowest BCUT2D eigenvalue weighted by Gasteiger charge is -2.30. The predicted octanol–water partition coefficient (Wildman–Crippen LogP) is 2.31. The molecule has 0 aliphatic heterocycles. The van der Waals surface area contributed by atoms with Crippen LogP contribution in [-0.4, -0.2) is 17.1 Å². The summed E-state index contributed by atoms with van der Waals surface area (Å²) in [6.45, 7) is 4.12.